The van der Waals surface area contributed by atoms with Crippen molar-refractivity contribution < 1.29 is 4.79 Å². The van der Waals surface area contributed by atoms with E-state index in [1.807, 2.05) is 12.1 Å². The lowest BCUT2D eigenvalue weighted by atomic mass is 9.89. The molecule has 1 amide bonds. The number of pyridine rings is 1. The number of aromatic amines is 1. The molecule has 3 heterocycles. The molecule has 142 valence electrons. The van der Waals surface area contributed by atoms with Crippen molar-refractivity contribution in [2.45, 2.75) is 32.2 Å². The zero-order valence-corrected chi connectivity index (χ0v) is 16.6. The van der Waals surface area contributed by atoms with Gasteiger partial charge in [-0.2, -0.15) is 11.3 Å². The fraction of sp³-hybridized carbons (Fsp3) is 0.217. The number of nitrogens with one attached hydrogen (secondary N) is 2. The van der Waals surface area contributed by atoms with E-state index in [-0.39, 0.29) is 11.8 Å². The topological polar surface area (TPSA) is 57.8 Å². The molecular formula is C23H23N3OS. The Morgan fingerprint density at radius 1 is 1.21 bits per heavy atom. The van der Waals surface area contributed by atoms with Gasteiger partial charge in [0.15, 0.2) is 0 Å². The second kappa shape index (κ2) is 8.40. The van der Waals surface area contributed by atoms with Crippen molar-refractivity contribution in [3.63, 3.8) is 0 Å². The van der Waals surface area contributed by atoms with Gasteiger partial charge >= 0.3 is 0 Å². The number of amides is 1. The van der Waals surface area contributed by atoms with Gasteiger partial charge in [0.2, 0.25) is 5.91 Å². The van der Waals surface area contributed by atoms with E-state index in [2.05, 4.69) is 63.4 Å². The molecular weight excluding hydrogens is 366 g/mol. The number of H-pyrrole nitrogens is 1. The fourth-order valence-corrected chi connectivity index (χ4v) is 4.38. The Morgan fingerprint density at radius 2 is 2.07 bits per heavy atom. The summed E-state index contributed by atoms with van der Waals surface area (Å²) in [6, 6.07) is 12.4. The van der Waals surface area contributed by atoms with Gasteiger partial charge in [0.05, 0.1) is 0 Å². The summed E-state index contributed by atoms with van der Waals surface area (Å²) in [4.78, 5) is 20.2. The normalized spacial score (nSPS) is 12.2. The lowest BCUT2D eigenvalue weighted by molar-refractivity contribution is -0.121. The van der Waals surface area contributed by atoms with E-state index in [0.717, 1.165) is 12.0 Å². The maximum Gasteiger partial charge on any atom is 0.221 e. The number of thiophene rings is 1. The Hall–Kier alpha value is -2.92. The van der Waals surface area contributed by atoms with Gasteiger partial charge in [0.25, 0.3) is 0 Å². The lowest BCUT2D eigenvalue weighted by Gasteiger charge is -2.16. The zero-order valence-electron chi connectivity index (χ0n) is 15.8. The number of hydrogen-bond acceptors (Lipinski definition) is 3. The molecule has 0 spiro atoms. The number of aromatic nitrogens is 2. The molecule has 0 fully saturated rings. The third-order valence-electron chi connectivity index (χ3n) is 5.16. The van der Waals surface area contributed by atoms with Gasteiger partial charge < -0.3 is 10.3 Å². The van der Waals surface area contributed by atoms with Crippen LogP contribution in [0.15, 0.2) is 65.7 Å². The molecule has 1 unspecified atom stereocenters. The fourth-order valence-electron chi connectivity index (χ4n) is 3.66. The van der Waals surface area contributed by atoms with E-state index in [1.54, 1.807) is 23.7 Å². The zero-order chi connectivity index (χ0) is 19.3. The molecule has 1 atom stereocenters. The Morgan fingerprint density at radius 3 is 2.82 bits per heavy atom. The summed E-state index contributed by atoms with van der Waals surface area (Å²) in [7, 11) is 0. The van der Waals surface area contributed by atoms with Crippen molar-refractivity contribution in [3.05, 3.63) is 88.0 Å². The average Bonchev–Trinajstić information content (AvgIpc) is 3.41. The van der Waals surface area contributed by atoms with Gasteiger partial charge in [-0.1, -0.05) is 25.1 Å². The Balaban J connectivity index is 1.59. The summed E-state index contributed by atoms with van der Waals surface area (Å²) in [5.41, 5.74) is 5.90. The number of para-hydroxylation sites is 1. The van der Waals surface area contributed by atoms with Crippen LogP contribution in [0.25, 0.3) is 10.9 Å². The molecule has 4 rings (SSSR count). The molecule has 1 aromatic carbocycles. The van der Waals surface area contributed by atoms with Gasteiger partial charge in [-0.15, -0.1) is 0 Å². The number of fused-ring (bicyclic) bond motifs is 1. The second-order valence-electron chi connectivity index (χ2n) is 6.88. The summed E-state index contributed by atoms with van der Waals surface area (Å²) < 4.78 is 0. The van der Waals surface area contributed by atoms with E-state index in [4.69, 9.17) is 0 Å². The first-order valence-electron chi connectivity index (χ1n) is 9.52. The van der Waals surface area contributed by atoms with Crippen molar-refractivity contribution in [3.8, 4) is 0 Å². The molecule has 28 heavy (non-hydrogen) atoms. The summed E-state index contributed by atoms with van der Waals surface area (Å²) in [5.74, 6) is 0.0820. The molecule has 0 bridgehead atoms. The maximum absolute atomic E-state index is 12.7. The number of hydrogen-bond donors (Lipinski definition) is 2. The summed E-state index contributed by atoms with van der Waals surface area (Å²) in [6.45, 7) is 2.68. The van der Waals surface area contributed by atoms with Crippen molar-refractivity contribution in [2.24, 2.45) is 0 Å². The van der Waals surface area contributed by atoms with Gasteiger partial charge in [-0.3, -0.25) is 9.78 Å². The molecule has 4 aromatic rings. The van der Waals surface area contributed by atoms with E-state index in [1.165, 1.54) is 27.6 Å². The average molecular weight is 390 g/mol. The van der Waals surface area contributed by atoms with Crippen LogP contribution < -0.4 is 5.32 Å². The Labute approximate surface area is 168 Å². The van der Waals surface area contributed by atoms with Gasteiger partial charge in [0.1, 0.15) is 0 Å². The molecule has 3 aromatic heterocycles. The minimum Gasteiger partial charge on any atom is -0.361 e. The van der Waals surface area contributed by atoms with Crippen LogP contribution in [-0.2, 0) is 17.8 Å². The predicted molar refractivity (Wildman–Crippen MR) is 115 cm³/mol. The van der Waals surface area contributed by atoms with Crippen LogP contribution in [0, 0.1) is 0 Å². The highest BCUT2D eigenvalue weighted by molar-refractivity contribution is 7.08. The standard InChI is InChI=1S/C23H23N3OS/c1-2-17-4-3-5-19-21(14-26-23(17)19)20(18-8-11-28-15-18)12-22(27)25-13-16-6-9-24-10-7-16/h3-11,14-15,20,26H,2,12-13H2,1H3,(H,25,27). The highest BCUT2D eigenvalue weighted by Gasteiger charge is 2.22. The Bertz CT molecular complexity index is 1050. The molecule has 2 N–H and O–H groups in total. The Kier molecular flexibility index (Phi) is 5.53. The molecule has 0 aliphatic rings. The molecule has 0 saturated carbocycles. The number of aryl methyl sites for hydroxylation is 1. The van der Waals surface area contributed by atoms with E-state index < -0.39 is 0 Å². The maximum atomic E-state index is 12.7. The van der Waals surface area contributed by atoms with Crippen LogP contribution in [-0.4, -0.2) is 15.9 Å². The number of carbonyl (C=O) groups excluding carboxylic acids is 1. The van der Waals surface area contributed by atoms with Crippen LogP contribution in [0.3, 0.4) is 0 Å². The molecule has 0 aliphatic heterocycles. The number of rotatable bonds is 7. The molecule has 0 aliphatic carbocycles. The van der Waals surface area contributed by atoms with Crippen molar-refractivity contribution in [1.29, 1.82) is 0 Å². The molecule has 4 nitrogen and oxygen atoms in total. The summed E-state index contributed by atoms with van der Waals surface area (Å²) in [6.07, 6.45) is 6.96. The summed E-state index contributed by atoms with van der Waals surface area (Å²) in [5, 5.41) is 8.47. The SMILES string of the molecule is CCc1cccc2c(C(CC(=O)NCc3ccncc3)c3ccsc3)c[nH]c12. The van der Waals surface area contributed by atoms with E-state index in [0.29, 0.717) is 13.0 Å². The quantitative estimate of drug-likeness (QED) is 0.466. The smallest absolute Gasteiger partial charge is 0.221 e. The second-order valence-corrected chi connectivity index (χ2v) is 7.66. The third kappa shape index (κ3) is 3.85. The third-order valence-corrected chi connectivity index (χ3v) is 5.87. The van der Waals surface area contributed by atoms with Gasteiger partial charge in [-0.25, -0.2) is 0 Å². The van der Waals surface area contributed by atoms with Crippen LogP contribution in [0.5, 0.6) is 0 Å². The number of carbonyl (C=O) groups is 1. The van der Waals surface area contributed by atoms with E-state index in [9.17, 15) is 4.79 Å². The first-order chi connectivity index (χ1) is 13.8. The molecule has 0 radical (unpaired) electrons. The monoisotopic (exact) mass is 389 g/mol. The first kappa shape index (κ1) is 18.4. The van der Waals surface area contributed by atoms with Crippen LogP contribution in [0.4, 0.5) is 0 Å². The van der Waals surface area contributed by atoms with Crippen LogP contribution in [0.1, 0.15) is 41.5 Å². The van der Waals surface area contributed by atoms with Crippen molar-refractivity contribution >= 4 is 28.1 Å². The first-order valence-corrected chi connectivity index (χ1v) is 10.5. The summed E-state index contributed by atoms with van der Waals surface area (Å²) >= 11 is 1.67. The number of nitrogens with zero attached hydrogens (tertiary/aromatic N) is 1. The minimum atomic E-state index is 0.0320. The largest absolute Gasteiger partial charge is 0.361 e. The highest BCUT2D eigenvalue weighted by atomic mass is 32.1. The van der Waals surface area contributed by atoms with Crippen molar-refractivity contribution in [2.75, 3.05) is 0 Å². The minimum absolute atomic E-state index is 0.0320. The molecule has 0 saturated heterocycles. The van der Waals surface area contributed by atoms with Gasteiger partial charge in [-0.05, 0) is 57.6 Å². The van der Waals surface area contributed by atoms with E-state index >= 15 is 0 Å². The lowest BCUT2D eigenvalue weighted by Crippen LogP contribution is -2.24. The van der Waals surface area contributed by atoms with Gasteiger partial charge in [0, 0.05) is 48.4 Å². The highest BCUT2D eigenvalue weighted by Crippen LogP contribution is 2.35. The van der Waals surface area contributed by atoms with Crippen molar-refractivity contribution in [1.82, 2.24) is 15.3 Å². The van der Waals surface area contributed by atoms with Crippen LogP contribution >= 0.6 is 11.3 Å². The predicted octanol–water partition coefficient (Wildman–Crippen LogP) is 5.03. The number of benzene rings is 1. The molecule has 5 heteroatoms. The van der Waals surface area contributed by atoms with Crippen LogP contribution in [0.2, 0.25) is 0 Å².